The molecule has 0 spiro atoms. The Kier molecular flexibility index (Phi) is 7.87. The number of likely N-dealkylation sites (N-methyl/N-ethyl adjacent to an activating group) is 1. The SMILES string of the molecule is CCCCC(CC)N(CC)CC1CCCCN1. The van der Waals surface area contributed by atoms with Gasteiger partial charge in [0.25, 0.3) is 0 Å². The predicted octanol–water partition coefficient (Wildman–Crippen LogP) is 3.42. The average molecular weight is 240 g/mol. The highest BCUT2D eigenvalue weighted by Crippen LogP contribution is 2.15. The monoisotopic (exact) mass is 240 g/mol. The van der Waals surface area contributed by atoms with Crippen LogP contribution in [0.2, 0.25) is 0 Å². The van der Waals surface area contributed by atoms with Crippen molar-refractivity contribution in [3.8, 4) is 0 Å². The zero-order valence-corrected chi connectivity index (χ0v) is 12.2. The molecule has 1 rings (SSSR count). The summed E-state index contributed by atoms with van der Waals surface area (Å²) in [5.41, 5.74) is 0. The molecule has 17 heavy (non-hydrogen) atoms. The van der Waals surface area contributed by atoms with Crippen molar-refractivity contribution in [3.63, 3.8) is 0 Å². The fourth-order valence-electron chi connectivity index (χ4n) is 2.98. The van der Waals surface area contributed by atoms with Crippen molar-refractivity contribution in [1.82, 2.24) is 10.2 Å². The van der Waals surface area contributed by atoms with Crippen LogP contribution in [0.15, 0.2) is 0 Å². The first-order chi connectivity index (χ1) is 8.31. The summed E-state index contributed by atoms with van der Waals surface area (Å²) in [4.78, 5) is 2.71. The van der Waals surface area contributed by atoms with Crippen molar-refractivity contribution >= 4 is 0 Å². The van der Waals surface area contributed by atoms with Gasteiger partial charge in [0.05, 0.1) is 0 Å². The molecule has 2 atom stereocenters. The van der Waals surface area contributed by atoms with E-state index in [0.29, 0.717) is 0 Å². The minimum absolute atomic E-state index is 0.749. The van der Waals surface area contributed by atoms with Gasteiger partial charge in [0.15, 0.2) is 0 Å². The van der Waals surface area contributed by atoms with Gasteiger partial charge in [0, 0.05) is 18.6 Å². The van der Waals surface area contributed by atoms with Crippen LogP contribution in [0.3, 0.4) is 0 Å². The lowest BCUT2D eigenvalue weighted by atomic mass is 10.0. The van der Waals surface area contributed by atoms with Crippen LogP contribution in [0.4, 0.5) is 0 Å². The lowest BCUT2D eigenvalue weighted by Gasteiger charge is -2.35. The molecule has 2 heteroatoms. The van der Waals surface area contributed by atoms with Gasteiger partial charge in [-0.15, -0.1) is 0 Å². The highest BCUT2D eigenvalue weighted by molar-refractivity contribution is 4.79. The molecule has 1 N–H and O–H groups in total. The van der Waals surface area contributed by atoms with Crippen LogP contribution in [0.5, 0.6) is 0 Å². The van der Waals surface area contributed by atoms with Gasteiger partial charge in [-0.05, 0) is 38.8 Å². The molecular weight excluding hydrogens is 208 g/mol. The van der Waals surface area contributed by atoms with Crippen LogP contribution in [0, 0.1) is 0 Å². The molecule has 0 aromatic rings. The van der Waals surface area contributed by atoms with Gasteiger partial charge in [-0.3, -0.25) is 4.90 Å². The molecule has 2 nitrogen and oxygen atoms in total. The van der Waals surface area contributed by atoms with Crippen LogP contribution < -0.4 is 5.32 Å². The molecule has 1 aliphatic rings. The smallest absolute Gasteiger partial charge is 0.0195 e. The largest absolute Gasteiger partial charge is 0.313 e. The molecule has 1 heterocycles. The fourth-order valence-corrected chi connectivity index (χ4v) is 2.98. The van der Waals surface area contributed by atoms with E-state index in [1.807, 2.05) is 0 Å². The first-order valence-electron chi connectivity index (χ1n) is 7.79. The van der Waals surface area contributed by atoms with E-state index in [2.05, 4.69) is 31.0 Å². The normalized spacial score (nSPS) is 22.9. The van der Waals surface area contributed by atoms with E-state index in [-0.39, 0.29) is 0 Å². The average Bonchev–Trinajstić information content (AvgIpc) is 2.39. The molecule has 0 aliphatic carbocycles. The third-order valence-electron chi connectivity index (χ3n) is 4.15. The number of piperidine rings is 1. The number of hydrogen-bond acceptors (Lipinski definition) is 2. The highest BCUT2D eigenvalue weighted by atomic mass is 15.2. The second kappa shape index (κ2) is 8.93. The van der Waals surface area contributed by atoms with Crippen LogP contribution in [0.25, 0.3) is 0 Å². The maximum absolute atomic E-state index is 3.68. The molecule has 0 amide bonds. The molecular formula is C15H32N2. The topological polar surface area (TPSA) is 15.3 Å². The molecule has 0 bridgehead atoms. The van der Waals surface area contributed by atoms with Crippen molar-refractivity contribution in [2.24, 2.45) is 0 Å². The van der Waals surface area contributed by atoms with Crippen molar-refractivity contribution < 1.29 is 0 Å². The van der Waals surface area contributed by atoms with Gasteiger partial charge >= 0.3 is 0 Å². The maximum atomic E-state index is 3.68. The van der Waals surface area contributed by atoms with Crippen LogP contribution in [-0.2, 0) is 0 Å². The van der Waals surface area contributed by atoms with Gasteiger partial charge in [-0.25, -0.2) is 0 Å². The Morgan fingerprint density at radius 3 is 2.59 bits per heavy atom. The molecule has 1 aliphatic heterocycles. The minimum atomic E-state index is 0.749. The molecule has 1 saturated heterocycles. The standard InChI is InChI=1S/C15H32N2/c1-4-7-11-15(5-2)17(6-3)13-14-10-8-9-12-16-14/h14-16H,4-13H2,1-3H3. The predicted molar refractivity (Wildman–Crippen MR) is 76.5 cm³/mol. The number of nitrogens with zero attached hydrogens (tertiary/aromatic N) is 1. The summed E-state index contributed by atoms with van der Waals surface area (Å²) in [5, 5.41) is 3.68. The van der Waals surface area contributed by atoms with Crippen LogP contribution in [-0.4, -0.2) is 36.6 Å². The molecule has 102 valence electrons. The van der Waals surface area contributed by atoms with E-state index < -0.39 is 0 Å². The Labute approximate surface area is 108 Å². The van der Waals surface area contributed by atoms with Crippen molar-refractivity contribution in [3.05, 3.63) is 0 Å². The minimum Gasteiger partial charge on any atom is -0.313 e. The van der Waals surface area contributed by atoms with E-state index in [1.54, 1.807) is 0 Å². The lowest BCUT2D eigenvalue weighted by Crippen LogP contribution is -2.47. The summed E-state index contributed by atoms with van der Waals surface area (Å²) in [6, 6.07) is 1.56. The molecule has 1 fully saturated rings. The zero-order valence-electron chi connectivity index (χ0n) is 12.2. The van der Waals surface area contributed by atoms with Crippen molar-refractivity contribution in [2.45, 2.75) is 77.8 Å². The van der Waals surface area contributed by atoms with Gasteiger partial charge < -0.3 is 5.32 Å². The van der Waals surface area contributed by atoms with Gasteiger partial charge in [-0.1, -0.05) is 40.0 Å². The Morgan fingerprint density at radius 1 is 1.24 bits per heavy atom. The second-order valence-electron chi connectivity index (χ2n) is 5.44. The Hall–Kier alpha value is -0.0800. The van der Waals surface area contributed by atoms with E-state index in [0.717, 1.165) is 12.1 Å². The lowest BCUT2D eigenvalue weighted by molar-refractivity contribution is 0.159. The third kappa shape index (κ3) is 5.39. The molecule has 0 aromatic carbocycles. The zero-order chi connectivity index (χ0) is 12.5. The molecule has 0 aromatic heterocycles. The number of nitrogens with one attached hydrogen (secondary N) is 1. The maximum Gasteiger partial charge on any atom is 0.0195 e. The molecule has 2 unspecified atom stereocenters. The summed E-state index contributed by atoms with van der Waals surface area (Å²) in [6.07, 6.45) is 9.56. The van der Waals surface area contributed by atoms with Crippen LogP contribution in [0.1, 0.15) is 65.7 Å². The Balaban J connectivity index is 2.37. The second-order valence-corrected chi connectivity index (χ2v) is 5.44. The summed E-state index contributed by atoms with van der Waals surface area (Å²) in [5.74, 6) is 0. The van der Waals surface area contributed by atoms with E-state index in [9.17, 15) is 0 Å². The third-order valence-corrected chi connectivity index (χ3v) is 4.15. The number of rotatable bonds is 8. The van der Waals surface area contributed by atoms with E-state index >= 15 is 0 Å². The molecule has 0 radical (unpaired) electrons. The van der Waals surface area contributed by atoms with Gasteiger partial charge in [0.1, 0.15) is 0 Å². The van der Waals surface area contributed by atoms with E-state index in [4.69, 9.17) is 0 Å². The summed E-state index contributed by atoms with van der Waals surface area (Å²) in [6.45, 7) is 10.7. The first kappa shape index (κ1) is 15.0. The Bertz CT molecular complexity index is 176. The molecule has 0 saturated carbocycles. The van der Waals surface area contributed by atoms with Crippen molar-refractivity contribution in [2.75, 3.05) is 19.6 Å². The van der Waals surface area contributed by atoms with Crippen LogP contribution >= 0.6 is 0 Å². The summed E-state index contributed by atoms with van der Waals surface area (Å²) in [7, 11) is 0. The fraction of sp³-hybridized carbons (Fsp3) is 1.00. The highest BCUT2D eigenvalue weighted by Gasteiger charge is 2.20. The van der Waals surface area contributed by atoms with E-state index in [1.165, 1.54) is 64.6 Å². The summed E-state index contributed by atoms with van der Waals surface area (Å²) < 4.78 is 0. The van der Waals surface area contributed by atoms with Gasteiger partial charge in [0.2, 0.25) is 0 Å². The number of unbranched alkanes of at least 4 members (excludes halogenated alkanes) is 1. The Morgan fingerprint density at radius 2 is 2.06 bits per heavy atom. The first-order valence-corrected chi connectivity index (χ1v) is 7.79. The van der Waals surface area contributed by atoms with Gasteiger partial charge in [-0.2, -0.15) is 0 Å². The quantitative estimate of drug-likeness (QED) is 0.699. The summed E-state index contributed by atoms with van der Waals surface area (Å²) >= 11 is 0. The van der Waals surface area contributed by atoms with Crippen molar-refractivity contribution in [1.29, 1.82) is 0 Å². The number of hydrogen-bond donors (Lipinski definition) is 1.